The molecule has 1 aromatic rings. The van der Waals surface area contributed by atoms with Gasteiger partial charge in [0.15, 0.2) is 0 Å². The number of likely N-dealkylation sites (N-methyl/N-ethyl adjacent to an activating group) is 1. The smallest absolute Gasteiger partial charge is 0.208 e. The fourth-order valence-corrected chi connectivity index (χ4v) is 2.99. The highest BCUT2D eigenvalue weighted by Gasteiger charge is 2.23. The number of piperidine rings is 1. The molecule has 2 heterocycles. The fraction of sp³-hybridized carbons (Fsp3) is 0.818. The average molecular weight is 256 g/mol. The molecule has 1 fully saturated rings. The third-order valence-electron chi connectivity index (χ3n) is 3.33. The molecule has 1 saturated heterocycles. The van der Waals surface area contributed by atoms with Crippen molar-refractivity contribution >= 4 is 16.5 Å². The summed E-state index contributed by atoms with van der Waals surface area (Å²) >= 11 is 1.66. The van der Waals surface area contributed by atoms with Gasteiger partial charge >= 0.3 is 0 Å². The second-order valence-electron chi connectivity index (χ2n) is 4.53. The Morgan fingerprint density at radius 3 is 2.65 bits per heavy atom. The van der Waals surface area contributed by atoms with E-state index in [1.807, 2.05) is 6.92 Å². The second kappa shape index (κ2) is 5.75. The quantitative estimate of drug-likeness (QED) is 0.861. The van der Waals surface area contributed by atoms with Crippen molar-refractivity contribution in [1.82, 2.24) is 15.1 Å². The first-order valence-corrected chi connectivity index (χ1v) is 6.88. The number of hydrogen-bond donors (Lipinski definition) is 1. The van der Waals surface area contributed by atoms with Crippen molar-refractivity contribution in [2.45, 2.75) is 25.8 Å². The first-order valence-electron chi connectivity index (χ1n) is 6.07. The Labute approximate surface area is 106 Å². The molecule has 0 radical (unpaired) electrons. The third-order valence-corrected chi connectivity index (χ3v) is 4.23. The Morgan fingerprint density at radius 1 is 1.41 bits per heavy atom. The van der Waals surface area contributed by atoms with Gasteiger partial charge in [-0.05, 0) is 26.8 Å². The van der Waals surface area contributed by atoms with Crippen LogP contribution in [0, 0.1) is 6.92 Å². The minimum absolute atomic E-state index is 0.242. The number of rotatable bonds is 4. The highest BCUT2D eigenvalue weighted by atomic mass is 32.1. The Hall–Kier alpha value is -0.720. The Kier molecular flexibility index (Phi) is 4.31. The predicted molar refractivity (Wildman–Crippen MR) is 69.6 cm³/mol. The molecular formula is C11H20N4OS. The number of hydrogen-bond acceptors (Lipinski definition) is 6. The summed E-state index contributed by atoms with van der Waals surface area (Å²) in [7, 11) is 2.09. The minimum atomic E-state index is 0.242. The Morgan fingerprint density at radius 2 is 2.12 bits per heavy atom. The average Bonchev–Trinajstić information content (AvgIpc) is 2.76. The van der Waals surface area contributed by atoms with Crippen molar-refractivity contribution in [2.24, 2.45) is 0 Å². The summed E-state index contributed by atoms with van der Waals surface area (Å²) in [5.74, 6) is 0. The van der Waals surface area contributed by atoms with E-state index in [0.717, 1.165) is 42.6 Å². The van der Waals surface area contributed by atoms with E-state index < -0.39 is 0 Å². The van der Waals surface area contributed by atoms with Gasteiger partial charge in [0.25, 0.3) is 0 Å². The molecular weight excluding hydrogens is 236 g/mol. The lowest BCUT2D eigenvalue weighted by Crippen LogP contribution is -2.44. The number of aryl methyl sites for hydroxylation is 1. The van der Waals surface area contributed by atoms with Crippen LogP contribution in [0.4, 0.5) is 5.13 Å². The molecule has 0 amide bonds. The first-order chi connectivity index (χ1) is 8.20. The van der Waals surface area contributed by atoms with E-state index in [-0.39, 0.29) is 6.61 Å². The van der Waals surface area contributed by atoms with Crippen molar-refractivity contribution < 1.29 is 5.11 Å². The zero-order valence-corrected chi connectivity index (χ0v) is 11.3. The number of nitrogens with zero attached hydrogens (tertiary/aromatic N) is 4. The third kappa shape index (κ3) is 3.14. The molecule has 0 aliphatic carbocycles. The fourth-order valence-electron chi connectivity index (χ4n) is 2.25. The van der Waals surface area contributed by atoms with Gasteiger partial charge < -0.3 is 14.9 Å². The molecule has 1 aromatic heterocycles. The van der Waals surface area contributed by atoms with Gasteiger partial charge in [0.05, 0.1) is 6.61 Å². The molecule has 6 heteroatoms. The SMILES string of the molecule is Cc1nnc(N2CCC(N(C)CCO)CC2)s1. The maximum atomic E-state index is 8.93. The molecule has 0 saturated carbocycles. The summed E-state index contributed by atoms with van der Waals surface area (Å²) in [4.78, 5) is 4.57. The van der Waals surface area contributed by atoms with E-state index in [1.54, 1.807) is 11.3 Å². The standard InChI is InChI=1S/C11H20N4OS/c1-9-12-13-11(17-9)15-5-3-10(4-6-15)14(2)7-8-16/h10,16H,3-8H2,1-2H3. The summed E-state index contributed by atoms with van der Waals surface area (Å²) in [5, 5.41) is 19.3. The highest BCUT2D eigenvalue weighted by Crippen LogP contribution is 2.24. The molecule has 1 aliphatic heterocycles. The van der Waals surface area contributed by atoms with Crippen LogP contribution in [0.15, 0.2) is 0 Å². The van der Waals surface area contributed by atoms with Crippen LogP contribution in [0.3, 0.4) is 0 Å². The van der Waals surface area contributed by atoms with Gasteiger partial charge in [0.2, 0.25) is 5.13 Å². The first kappa shape index (κ1) is 12.7. The largest absolute Gasteiger partial charge is 0.395 e. The minimum Gasteiger partial charge on any atom is -0.395 e. The van der Waals surface area contributed by atoms with Crippen molar-refractivity contribution in [3.05, 3.63) is 5.01 Å². The maximum Gasteiger partial charge on any atom is 0.208 e. The van der Waals surface area contributed by atoms with Gasteiger partial charge in [0, 0.05) is 25.7 Å². The summed E-state index contributed by atoms with van der Waals surface area (Å²) in [6, 6.07) is 0.590. The van der Waals surface area contributed by atoms with Crippen molar-refractivity contribution in [2.75, 3.05) is 38.2 Å². The van der Waals surface area contributed by atoms with E-state index in [0.29, 0.717) is 6.04 Å². The van der Waals surface area contributed by atoms with Gasteiger partial charge in [-0.2, -0.15) is 0 Å². The summed E-state index contributed by atoms with van der Waals surface area (Å²) in [5.41, 5.74) is 0. The predicted octanol–water partition coefficient (Wildman–Crippen LogP) is 0.739. The van der Waals surface area contributed by atoms with Gasteiger partial charge in [-0.1, -0.05) is 11.3 Å². The van der Waals surface area contributed by atoms with Crippen LogP contribution in [0.5, 0.6) is 0 Å². The lowest BCUT2D eigenvalue weighted by Gasteiger charge is -2.36. The van der Waals surface area contributed by atoms with Crippen LogP contribution in [-0.2, 0) is 0 Å². The number of aromatic nitrogens is 2. The second-order valence-corrected chi connectivity index (χ2v) is 5.69. The van der Waals surface area contributed by atoms with Crippen LogP contribution >= 0.6 is 11.3 Å². The van der Waals surface area contributed by atoms with E-state index in [1.165, 1.54) is 0 Å². The lowest BCUT2D eigenvalue weighted by atomic mass is 10.0. The molecule has 0 unspecified atom stereocenters. The summed E-state index contributed by atoms with van der Waals surface area (Å²) in [6.45, 7) is 5.07. The van der Waals surface area contributed by atoms with Crippen LogP contribution in [0.25, 0.3) is 0 Å². The van der Waals surface area contributed by atoms with Crippen molar-refractivity contribution in [3.8, 4) is 0 Å². The van der Waals surface area contributed by atoms with Gasteiger partial charge in [-0.25, -0.2) is 0 Å². The molecule has 0 atom stereocenters. The molecule has 1 N–H and O–H groups in total. The molecule has 2 rings (SSSR count). The normalized spacial score (nSPS) is 18.0. The maximum absolute atomic E-state index is 8.93. The molecule has 0 aromatic carbocycles. The monoisotopic (exact) mass is 256 g/mol. The van der Waals surface area contributed by atoms with Crippen molar-refractivity contribution in [3.63, 3.8) is 0 Å². The van der Waals surface area contributed by atoms with Crippen LogP contribution < -0.4 is 4.90 Å². The zero-order valence-electron chi connectivity index (χ0n) is 10.5. The van der Waals surface area contributed by atoms with E-state index in [2.05, 4.69) is 27.0 Å². The zero-order chi connectivity index (χ0) is 12.3. The van der Waals surface area contributed by atoms with Gasteiger partial charge in [-0.15, -0.1) is 10.2 Å². The number of aliphatic hydroxyl groups is 1. The molecule has 0 spiro atoms. The van der Waals surface area contributed by atoms with Gasteiger partial charge in [-0.3, -0.25) is 0 Å². The van der Waals surface area contributed by atoms with Crippen molar-refractivity contribution in [1.29, 1.82) is 0 Å². The highest BCUT2D eigenvalue weighted by molar-refractivity contribution is 7.15. The number of aliphatic hydroxyl groups excluding tert-OH is 1. The van der Waals surface area contributed by atoms with E-state index in [9.17, 15) is 0 Å². The van der Waals surface area contributed by atoms with E-state index in [4.69, 9.17) is 5.11 Å². The summed E-state index contributed by atoms with van der Waals surface area (Å²) in [6.07, 6.45) is 2.27. The van der Waals surface area contributed by atoms with Crippen LogP contribution in [0.1, 0.15) is 17.8 Å². The van der Waals surface area contributed by atoms with Gasteiger partial charge in [0.1, 0.15) is 5.01 Å². The van der Waals surface area contributed by atoms with Crippen LogP contribution in [0.2, 0.25) is 0 Å². The summed E-state index contributed by atoms with van der Waals surface area (Å²) < 4.78 is 0. The Bertz CT molecular complexity index is 349. The molecule has 1 aliphatic rings. The lowest BCUT2D eigenvalue weighted by molar-refractivity contribution is 0.162. The van der Waals surface area contributed by atoms with E-state index >= 15 is 0 Å². The van der Waals surface area contributed by atoms with Crippen LogP contribution in [-0.4, -0.2) is 59.5 Å². The molecule has 96 valence electrons. The Balaban J connectivity index is 1.85. The molecule has 0 bridgehead atoms. The molecule has 5 nitrogen and oxygen atoms in total. The molecule has 17 heavy (non-hydrogen) atoms. The number of anilines is 1. The topological polar surface area (TPSA) is 52.5 Å².